The number of aliphatic hydroxyl groups is 1. The molecule has 2 aliphatic carbocycles. The van der Waals surface area contributed by atoms with Crippen molar-refractivity contribution in [1.29, 1.82) is 0 Å². The number of aliphatic carboxylic acids is 1. The van der Waals surface area contributed by atoms with E-state index in [1.165, 1.54) is 12.2 Å². The SMILES string of the molecule is C=C1C=C(O)/C=C\CC2=C(/C=C\1)C(c1c(Cl)c(Cl)c(Cl)c(Cl)c1C(=O)O)=C1CC(CCC(=O)O)C(=O)C(Cl)C1O2. The molecule has 7 nitrogen and oxygen atoms in total. The molecule has 3 aliphatic rings. The zero-order valence-corrected chi connectivity index (χ0v) is 24.3. The lowest BCUT2D eigenvalue weighted by atomic mass is 9.73. The van der Waals surface area contributed by atoms with Crippen molar-refractivity contribution in [3.63, 3.8) is 0 Å². The van der Waals surface area contributed by atoms with Gasteiger partial charge in [0.1, 0.15) is 23.0 Å². The molecule has 12 heteroatoms. The highest BCUT2D eigenvalue weighted by Crippen LogP contribution is 2.52. The minimum atomic E-state index is -1.43. The largest absolute Gasteiger partial charge is 0.508 e. The third-order valence-corrected chi connectivity index (χ3v) is 8.98. The third kappa shape index (κ3) is 5.71. The Morgan fingerprint density at radius 2 is 1.70 bits per heavy atom. The maximum atomic E-state index is 13.2. The first-order chi connectivity index (χ1) is 18.8. The smallest absolute Gasteiger partial charge is 0.337 e. The lowest BCUT2D eigenvalue weighted by molar-refractivity contribution is -0.137. The lowest BCUT2D eigenvalue weighted by Crippen LogP contribution is -2.44. The van der Waals surface area contributed by atoms with Crippen molar-refractivity contribution in [2.45, 2.75) is 37.2 Å². The number of carbonyl (C=O) groups excluding carboxylic acids is 1. The topological polar surface area (TPSA) is 121 Å². The first kappa shape index (κ1) is 30.3. The zero-order chi connectivity index (χ0) is 29.5. The number of carbonyl (C=O) groups is 3. The van der Waals surface area contributed by atoms with Gasteiger partial charge < -0.3 is 20.1 Å². The van der Waals surface area contributed by atoms with Crippen molar-refractivity contribution in [2.24, 2.45) is 5.92 Å². The van der Waals surface area contributed by atoms with Crippen LogP contribution in [0.4, 0.5) is 0 Å². The van der Waals surface area contributed by atoms with Crippen molar-refractivity contribution in [3.05, 3.63) is 96.4 Å². The van der Waals surface area contributed by atoms with Crippen LogP contribution in [-0.4, -0.2) is 44.5 Å². The van der Waals surface area contributed by atoms with Crippen LogP contribution >= 0.6 is 58.0 Å². The van der Waals surface area contributed by atoms with Crippen LogP contribution in [0.15, 0.2) is 65.2 Å². The van der Waals surface area contributed by atoms with Crippen LogP contribution in [0.1, 0.15) is 41.6 Å². The number of allylic oxidation sites excluding steroid dienone is 8. The fraction of sp³-hybridized carbons (Fsp3) is 0.250. The Labute approximate surface area is 254 Å². The van der Waals surface area contributed by atoms with Gasteiger partial charge in [-0.3, -0.25) is 9.59 Å². The Bertz CT molecular complexity index is 1500. The predicted molar refractivity (Wildman–Crippen MR) is 155 cm³/mol. The van der Waals surface area contributed by atoms with E-state index in [2.05, 4.69) is 6.58 Å². The van der Waals surface area contributed by atoms with Crippen molar-refractivity contribution in [1.82, 2.24) is 0 Å². The summed E-state index contributed by atoms with van der Waals surface area (Å²) in [6.45, 7) is 3.90. The van der Waals surface area contributed by atoms with E-state index in [-0.39, 0.29) is 62.7 Å². The number of ether oxygens (including phenoxy) is 1. The molecule has 40 heavy (non-hydrogen) atoms. The van der Waals surface area contributed by atoms with E-state index in [0.29, 0.717) is 22.5 Å². The van der Waals surface area contributed by atoms with E-state index in [1.807, 2.05) is 0 Å². The Balaban J connectivity index is 2.09. The van der Waals surface area contributed by atoms with E-state index in [9.17, 15) is 29.7 Å². The van der Waals surface area contributed by atoms with Crippen molar-refractivity contribution in [3.8, 4) is 0 Å². The summed E-state index contributed by atoms with van der Waals surface area (Å²) < 4.78 is 6.27. The minimum absolute atomic E-state index is 0.00783. The highest BCUT2D eigenvalue weighted by atomic mass is 35.5. The molecule has 0 radical (unpaired) electrons. The average molecular weight is 647 g/mol. The quantitative estimate of drug-likeness (QED) is 0.169. The maximum Gasteiger partial charge on any atom is 0.337 e. The number of fused-ring (bicyclic) bond motifs is 1. The molecule has 1 aromatic carbocycles. The van der Waals surface area contributed by atoms with Crippen LogP contribution in [0.2, 0.25) is 20.1 Å². The molecule has 1 aliphatic heterocycles. The Kier molecular flexibility index (Phi) is 9.12. The number of rotatable bonds is 5. The molecular formula is C28H21Cl5O7. The summed E-state index contributed by atoms with van der Waals surface area (Å²) in [4.78, 5) is 37.0. The first-order valence-corrected chi connectivity index (χ1v) is 13.8. The molecule has 0 amide bonds. The Hall–Kier alpha value is -2.68. The summed E-state index contributed by atoms with van der Waals surface area (Å²) in [6.07, 6.45) is 6.51. The van der Waals surface area contributed by atoms with Gasteiger partial charge in [-0.2, -0.15) is 0 Å². The van der Waals surface area contributed by atoms with Gasteiger partial charge in [0, 0.05) is 29.9 Å². The average Bonchev–Trinajstić information content (AvgIpc) is 2.89. The van der Waals surface area contributed by atoms with E-state index < -0.39 is 40.7 Å². The molecule has 1 heterocycles. The number of ketones is 1. The maximum absolute atomic E-state index is 13.2. The van der Waals surface area contributed by atoms with Gasteiger partial charge >= 0.3 is 11.9 Å². The Morgan fingerprint density at radius 1 is 1.02 bits per heavy atom. The van der Waals surface area contributed by atoms with Gasteiger partial charge in [0.05, 0.1) is 25.7 Å². The standard InChI is InChI=1S/C28H21Cl5O7/c1-11-5-7-14-16(4-2-3-13(34)9-11)40-27-15(10-12(6-8-17(35)36)26(37)25(27)33)18(14)19-20(28(38)39)22(30)24(32)23(31)21(19)29/h2-3,5,7,9,12,25,27,34H,1,4,6,8,10H2,(H,35,36)(H,38,39)/b3-2-,7-5-,13-9?. The molecule has 1 aromatic rings. The monoisotopic (exact) mass is 644 g/mol. The molecule has 4 rings (SSSR count). The molecule has 0 aromatic heterocycles. The number of hydrogen-bond donors (Lipinski definition) is 3. The molecule has 0 bridgehead atoms. The van der Waals surface area contributed by atoms with Crippen LogP contribution in [0.5, 0.6) is 0 Å². The second-order valence-corrected chi connectivity index (χ2v) is 11.3. The van der Waals surface area contributed by atoms with Gasteiger partial charge in [0.15, 0.2) is 5.78 Å². The summed E-state index contributed by atoms with van der Waals surface area (Å²) in [5.41, 5.74) is 1.04. The van der Waals surface area contributed by atoms with Crippen LogP contribution < -0.4 is 0 Å². The predicted octanol–water partition coefficient (Wildman–Crippen LogP) is 7.98. The highest BCUT2D eigenvalue weighted by Gasteiger charge is 2.46. The third-order valence-electron chi connectivity index (χ3n) is 6.74. The molecule has 3 atom stereocenters. The molecule has 1 saturated carbocycles. The van der Waals surface area contributed by atoms with Crippen LogP contribution in [0.3, 0.4) is 0 Å². The number of aromatic carboxylic acids is 1. The number of hydrogen-bond acceptors (Lipinski definition) is 5. The van der Waals surface area contributed by atoms with Gasteiger partial charge in [0.25, 0.3) is 0 Å². The molecule has 3 unspecified atom stereocenters. The first-order valence-electron chi connectivity index (χ1n) is 11.9. The van der Waals surface area contributed by atoms with Crippen molar-refractivity contribution >= 4 is 81.3 Å². The molecule has 3 N–H and O–H groups in total. The fourth-order valence-electron chi connectivity index (χ4n) is 4.94. The Morgan fingerprint density at radius 3 is 2.35 bits per heavy atom. The van der Waals surface area contributed by atoms with Gasteiger partial charge in [-0.15, -0.1) is 11.6 Å². The molecule has 0 spiro atoms. The number of aliphatic hydroxyl groups excluding tert-OH is 1. The van der Waals surface area contributed by atoms with Crippen LogP contribution in [-0.2, 0) is 14.3 Å². The number of halogens is 5. The summed E-state index contributed by atoms with van der Waals surface area (Å²) >= 11 is 32.4. The van der Waals surface area contributed by atoms with E-state index in [0.717, 1.165) is 0 Å². The van der Waals surface area contributed by atoms with E-state index >= 15 is 0 Å². The zero-order valence-electron chi connectivity index (χ0n) is 20.5. The summed E-state index contributed by atoms with van der Waals surface area (Å²) in [5.74, 6) is -3.44. The molecular weight excluding hydrogens is 626 g/mol. The van der Waals surface area contributed by atoms with Crippen LogP contribution in [0, 0.1) is 5.92 Å². The molecule has 0 saturated heterocycles. The lowest BCUT2D eigenvalue weighted by Gasteiger charge is -2.40. The number of alkyl halides is 1. The minimum Gasteiger partial charge on any atom is -0.508 e. The summed E-state index contributed by atoms with van der Waals surface area (Å²) in [7, 11) is 0. The van der Waals surface area contributed by atoms with Gasteiger partial charge in [-0.05, 0) is 41.7 Å². The fourth-order valence-corrected chi connectivity index (χ4v) is 6.35. The number of benzene rings is 1. The number of Topliss-reactive ketones (excluding diaryl/α,β-unsaturated/α-hetero) is 1. The van der Waals surface area contributed by atoms with Crippen LogP contribution in [0.25, 0.3) is 5.57 Å². The van der Waals surface area contributed by atoms with Crippen molar-refractivity contribution < 1.29 is 34.4 Å². The second kappa shape index (κ2) is 12.0. The molecule has 210 valence electrons. The summed E-state index contributed by atoms with van der Waals surface area (Å²) in [5, 5.41) is 27.4. The normalized spacial score (nSPS) is 24.5. The van der Waals surface area contributed by atoms with Gasteiger partial charge in [-0.1, -0.05) is 71.2 Å². The second-order valence-electron chi connectivity index (χ2n) is 9.31. The highest BCUT2D eigenvalue weighted by molar-refractivity contribution is 6.53. The number of carboxylic acid groups (broad SMARTS) is 2. The number of carboxylic acids is 2. The van der Waals surface area contributed by atoms with E-state index in [4.69, 9.17) is 62.7 Å². The molecule has 1 fully saturated rings. The van der Waals surface area contributed by atoms with E-state index in [1.54, 1.807) is 18.2 Å². The van der Waals surface area contributed by atoms with Crippen molar-refractivity contribution in [2.75, 3.05) is 0 Å². The van der Waals surface area contributed by atoms with Gasteiger partial charge in [0.2, 0.25) is 0 Å². The summed E-state index contributed by atoms with van der Waals surface area (Å²) in [6, 6.07) is 0. The van der Waals surface area contributed by atoms with Gasteiger partial charge in [-0.25, -0.2) is 4.79 Å².